The zero-order valence-corrected chi connectivity index (χ0v) is 23.0. The summed E-state index contributed by atoms with van der Waals surface area (Å²) in [5.41, 5.74) is -0.634. The Labute approximate surface area is 225 Å². The minimum atomic E-state index is -0.678. The van der Waals surface area contributed by atoms with Gasteiger partial charge in [-0.05, 0) is 74.0 Å². The highest BCUT2D eigenvalue weighted by Gasteiger charge is 2.59. The number of nitrogens with one attached hydrogen (secondary N) is 1. The van der Waals surface area contributed by atoms with E-state index in [0.29, 0.717) is 36.7 Å². The van der Waals surface area contributed by atoms with Crippen LogP contribution in [-0.2, 0) is 19.2 Å². The van der Waals surface area contributed by atoms with Crippen molar-refractivity contribution in [3.8, 4) is 0 Å². The van der Waals surface area contributed by atoms with Crippen LogP contribution in [0.25, 0.3) is 0 Å². The van der Waals surface area contributed by atoms with Crippen LogP contribution in [0.2, 0.25) is 0 Å². The number of aliphatic carboxylic acids is 2. The number of hydrogen-bond acceptors (Lipinski definition) is 5. The molecule has 210 valence electrons. The van der Waals surface area contributed by atoms with E-state index in [2.05, 4.69) is 50.4 Å². The van der Waals surface area contributed by atoms with Gasteiger partial charge in [-0.25, -0.2) is 0 Å². The topological polar surface area (TPSA) is 141 Å². The van der Waals surface area contributed by atoms with Gasteiger partial charge in [0.15, 0.2) is 0 Å². The van der Waals surface area contributed by atoms with E-state index in [1.807, 2.05) is 6.92 Å². The molecule has 1 heterocycles. The molecule has 5 aliphatic rings. The van der Waals surface area contributed by atoms with E-state index in [0.717, 1.165) is 32.1 Å². The van der Waals surface area contributed by atoms with Crippen molar-refractivity contribution in [3.63, 3.8) is 0 Å². The van der Waals surface area contributed by atoms with Crippen LogP contribution in [0.4, 0.5) is 0 Å². The predicted molar refractivity (Wildman–Crippen MR) is 143 cm³/mol. The molecule has 2 amide bonds. The normalized spacial score (nSPS) is 33.9. The fourth-order valence-electron chi connectivity index (χ4n) is 7.18. The molecular weight excluding hydrogens is 486 g/mol. The summed E-state index contributed by atoms with van der Waals surface area (Å²) in [6, 6.07) is 0. The largest absolute Gasteiger partial charge is 0.481 e. The monoisotopic (exact) mass is 529 g/mol. The second-order valence-corrected chi connectivity index (χ2v) is 12.4. The van der Waals surface area contributed by atoms with Gasteiger partial charge in [0, 0.05) is 18.3 Å². The van der Waals surface area contributed by atoms with Crippen molar-refractivity contribution >= 4 is 23.8 Å². The average Bonchev–Trinajstić information content (AvgIpc) is 3.66. The number of imide groups is 1. The summed E-state index contributed by atoms with van der Waals surface area (Å²) in [7, 11) is 0. The average molecular weight is 530 g/mol. The number of aliphatic hydroxyl groups is 1. The minimum Gasteiger partial charge on any atom is -0.481 e. The van der Waals surface area contributed by atoms with E-state index in [9.17, 15) is 29.4 Å². The maximum Gasteiger partial charge on any atom is 0.310 e. The number of carbonyl (C=O) groups excluding carboxylic acids is 2. The quantitative estimate of drug-likeness (QED) is 0.281. The van der Waals surface area contributed by atoms with Crippen LogP contribution in [0, 0.1) is 39.9 Å². The van der Waals surface area contributed by atoms with E-state index in [1.54, 1.807) is 0 Å². The summed E-state index contributed by atoms with van der Waals surface area (Å²) >= 11 is 0. The van der Waals surface area contributed by atoms with Gasteiger partial charge in [-0.2, -0.15) is 0 Å². The molecule has 4 bridgehead atoms. The van der Waals surface area contributed by atoms with Crippen molar-refractivity contribution in [1.82, 2.24) is 5.32 Å². The molecule has 6 unspecified atom stereocenters. The lowest BCUT2D eigenvalue weighted by molar-refractivity contribution is -0.159. The summed E-state index contributed by atoms with van der Waals surface area (Å²) in [6.45, 7) is 8.22. The number of rotatable bonds is 7. The lowest BCUT2D eigenvalue weighted by Crippen LogP contribution is -2.46. The molecule has 0 aromatic rings. The molecule has 0 aromatic carbocycles. The van der Waals surface area contributed by atoms with Crippen LogP contribution in [0.3, 0.4) is 0 Å². The van der Waals surface area contributed by atoms with Crippen molar-refractivity contribution in [3.05, 3.63) is 36.0 Å². The fraction of sp³-hybridized carbons (Fsp3) is 0.667. The fourth-order valence-corrected chi connectivity index (χ4v) is 7.18. The Hall–Kier alpha value is -2.74. The molecule has 0 spiro atoms. The number of hydrogen-bond donors (Lipinski definition) is 4. The maximum absolute atomic E-state index is 11.5. The number of carboxylic acid groups (broad SMARTS) is 2. The third kappa shape index (κ3) is 5.65. The Kier molecular flexibility index (Phi) is 9.07. The molecule has 1 aliphatic heterocycles. The minimum absolute atomic E-state index is 0.0934. The van der Waals surface area contributed by atoms with Crippen molar-refractivity contribution < 1.29 is 34.5 Å². The van der Waals surface area contributed by atoms with Gasteiger partial charge in [0.2, 0.25) is 0 Å². The molecule has 5 rings (SSSR count). The van der Waals surface area contributed by atoms with Gasteiger partial charge < -0.3 is 15.3 Å². The summed E-state index contributed by atoms with van der Waals surface area (Å²) < 4.78 is 0. The smallest absolute Gasteiger partial charge is 0.310 e. The summed E-state index contributed by atoms with van der Waals surface area (Å²) in [5.74, 6) is -0.364. The van der Waals surface area contributed by atoms with Crippen molar-refractivity contribution in [1.29, 1.82) is 0 Å². The Balaban J connectivity index is 0.000000161. The predicted octanol–water partition coefficient (Wildman–Crippen LogP) is 4.49. The standard InChI is InChI=1S/C12H18O2.C11H16O3.C7H9NO2/c1-11(2,3)12(10(13)14)7-8-4-5-9(12)6-8;12-5-1-4-11(10(13)14)7-8-2-3-9(11)6-8;1-2-3-5-4-6(9)8-7(5)10/h4-5,8-9H,6-7H2,1-3H3,(H,13,14);2-3,8-9,12H,1,4-7H2,(H,13,14);4H,2-3H2,1H3,(H,8,9,10). The van der Waals surface area contributed by atoms with E-state index >= 15 is 0 Å². The van der Waals surface area contributed by atoms with Crippen LogP contribution < -0.4 is 5.32 Å². The molecule has 0 radical (unpaired) electrons. The van der Waals surface area contributed by atoms with Crippen LogP contribution in [-0.4, -0.2) is 45.7 Å². The van der Waals surface area contributed by atoms with E-state index in [-0.39, 0.29) is 35.7 Å². The number of carboxylic acids is 2. The Bertz CT molecular complexity index is 1040. The SMILES string of the molecule is CC(C)(C)C1(C(=O)O)CC2C=CC1C2.CCCC1=CC(=O)NC1=O.O=C(O)C1(CCCO)CC2C=CC1C2. The van der Waals surface area contributed by atoms with Gasteiger partial charge in [0.25, 0.3) is 11.8 Å². The molecule has 0 aromatic heterocycles. The van der Waals surface area contributed by atoms with Gasteiger partial charge in [0.1, 0.15) is 0 Å². The molecule has 0 saturated heterocycles. The van der Waals surface area contributed by atoms with Crippen LogP contribution in [0.5, 0.6) is 0 Å². The number of carbonyl (C=O) groups is 4. The molecule has 6 atom stereocenters. The molecule has 8 nitrogen and oxygen atoms in total. The lowest BCUT2D eigenvalue weighted by atomic mass is 9.60. The van der Waals surface area contributed by atoms with Crippen molar-refractivity contribution in [2.75, 3.05) is 6.61 Å². The zero-order chi connectivity index (χ0) is 28.3. The number of fused-ring (bicyclic) bond motifs is 4. The Morgan fingerprint density at radius 1 is 0.974 bits per heavy atom. The summed E-state index contributed by atoms with van der Waals surface area (Å²) in [5, 5.41) is 29.7. The van der Waals surface area contributed by atoms with Crippen molar-refractivity contribution in [2.24, 2.45) is 39.9 Å². The second kappa shape index (κ2) is 11.6. The summed E-state index contributed by atoms with van der Waals surface area (Å²) in [4.78, 5) is 44.1. The number of amides is 2. The second-order valence-electron chi connectivity index (χ2n) is 12.4. The van der Waals surface area contributed by atoms with Gasteiger partial charge in [-0.1, -0.05) is 58.4 Å². The van der Waals surface area contributed by atoms with Crippen LogP contribution in [0.15, 0.2) is 36.0 Å². The van der Waals surface area contributed by atoms with Gasteiger partial charge in [0.05, 0.1) is 10.8 Å². The first-order chi connectivity index (χ1) is 17.8. The Morgan fingerprint density at radius 2 is 1.58 bits per heavy atom. The molecule has 4 aliphatic carbocycles. The van der Waals surface area contributed by atoms with E-state index in [4.69, 9.17) is 5.11 Å². The third-order valence-electron chi connectivity index (χ3n) is 9.18. The lowest BCUT2D eigenvalue weighted by Gasteiger charge is -2.42. The highest BCUT2D eigenvalue weighted by molar-refractivity contribution is 6.16. The first-order valence-corrected chi connectivity index (χ1v) is 13.8. The molecule has 38 heavy (non-hydrogen) atoms. The molecule has 2 fully saturated rings. The molecular formula is C30H43NO7. The third-order valence-corrected chi connectivity index (χ3v) is 9.18. The zero-order valence-electron chi connectivity index (χ0n) is 23.0. The first kappa shape index (κ1) is 29.8. The highest BCUT2D eigenvalue weighted by Crippen LogP contribution is 2.60. The summed E-state index contributed by atoms with van der Waals surface area (Å²) in [6.07, 6.45) is 16.3. The van der Waals surface area contributed by atoms with E-state index < -0.39 is 22.8 Å². The van der Waals surface area contributed by atoms with E-state index in [1.165, 1.54) is 6.08 Å². The Morgan fingerprint density at radius 3 is 1.89 bits per heavy atom. The maximum atomic E-state index is 11.5. The first-order valence-electron chi connectivity index (χ1n) is 13.8. The number of allylic oxidation sites excluding steroid dienone is 4. The van der Waals surface area contributed by atoms with Gasteiger partial charge in [-0.15, -0.1) is 0 Å². The highest BCUT2D eigenvalue weighted by atomic mass is 16.4. The van der Waals surface area contributed by atoms with Crippen molar-refractivity contribution in [2.45, 2.75) is 79.1 Å². The van der Waals surface area contributed by atoms with Crippen LogP contribution in [0.1, 0.15) is 79.1 Å². The number of aliphatic hydroxyl groups excluding tert-OH is 1. The van der Waals surface area contributed by atoms with Gasteiger partial charge in [-0.3, -0.25) is 24.5 Å². The van der Waals surface area contributed by atoms with Crippen LogP contribution >= 0.6 is 0 Å². The molecule has 8 heteroatoms. The van der Waals surface area contributed by atoms with Gasteiger partial charge >= 0.3 is 11.9 Å². The molecule has 4 N–H and O–H groups in total. The molecule has 2 saturated carbocycles.